The van der Waals surface area contributed by atoms with Crippen molar-refractivity contribution in [2.24, 2.45) is 0 Å². The Labute approximate surface area is 136 Å². The minimum absolute atomic E-state index is 0.971. The van der Waals surface area contributed by atoms with Crippen LogP contribution in [0.15, 0.2) is 91.0 Å². The molecule has 0 N–H and O–H groups in total. The van der Waals surface area contributed by atoms with E-state index in [2.05, 4.69) is 97.9 Å². The summed E-state index contributed by atoms with van der Waals surface area (Å²) in [5, 5.41) is 1.18. The molecule has 1 radical (unpaired) electrons. The predicted molar refractivity (Wildman–Crippen MR) is 98.8 cm³/mol. The van der Waals surface area contributed by atoms with Crippen LogP contribution < -0.4 is 13.2 Å². The van der Waals surface area contributed by atoms with Crippen LogP contribution in [0, 0.1) is 6.92 Å². The van der Waals surface area contributed by atoms with Crippen molar-refractivity contribution < 1.29 is 0 Å². The standard InChI is InChI=1S/C21H21Ge/c1-2-18-22(19-12-6-3-7-13-19,20-14-8-4-9-15-20)21-16-10-5-11-17-21/h3-17H,1-2,18H2. The molecule has 0 unspecified atom stereocenters. The summed E-state index contributed by atoms with van der Waals surface area (Å²) < 4.78 is 4.55. The van der Waals surface area contributed by atoms with Crippen molar-refractivity contribution in [3.63, 3.8) is 0 Å². The van der Waals surface area contributed by atoms with Crippen molar-refractivity contribution in [2.75, 3.05) is 0 Å². The number of hydrogen-bond donors (Lipinski definition) is 0. The van der Waals surface area contributed by atoms with Crippen molar-refractivity contribution >= 4 is 26.5 Å². The van der Waals surface area contributed by atoms with Gasteiger partial charge >= 0.3 is 136 Å². The summed E-state index contributed by atoms with van der Waals surface area (Å²) in [5.74, 6) is 0. The van der Waals surface area contributed by atoms with E-state index in [1.807, 2.05) is 0 Å². The molecule has 0 aromatic heterocycles. The van der Waals surface area contributed by atoms with Crippen molar-refractivity contribution in [2.45, 2.75) is 11.7 Å². The van der Waals surface area contributed by atoms with E-state index in [0.717, 1.165) is 6.42 Å². The number of benzene rings is 3. The van der Waals surface area contributed by atoms with E-state index in [1.54, 1.807) is 0 Å². The molecule has 0 spiro atoms. The molecule has 22 heavy (non-hydrogen) atoms. The van der Waals surface area contributed by atoms with Gasteiger partial charge in [-0.2, -0.15) is 0 Å². The molecule has 0 saturated heterocycles. The van der Waals surface area contributed by atoms with E-state index in [0.29, 0.717) is 0 Å². The van der Waals surface area contributed by atoms with Crippen molar-refractivity contribution in [3.8, 4) is 0 Å². The molecule has 0 bridgehead atoms. The maximum absolute atomic E-state index is 4.19. The van der Waals surface area contributed by atoms with Crippen LogP contribution in [0.4, 0.5) is 0 Å². The number of rotatable bonds is 5. The minimum atomic E-state index is -2.63. The Morgan fingerprint density at radius 1 is 0.545 bits per heavy atom. The summed E-state index contributed by atoms with van der Waals surface area (Å²) in [4.78, 5) is 0. The zero-order chi connectivity index (χ0) is 15.3. The first kappa shape index (κ1) is 15.1. The fraction of sp³-hybridized carbons (Fsp3) is 0.0952. The summed E-state index contributed by atoms with van der Waals surface area (Å²) in [6, 6.07) is 33.2. The summed E-state index contributed by atoms with van der Waals surface area (Å²) in [6.07, 6.45) is 0.971. The first-order chi connectivity index (χ1) is 10.9. The second-order valence-electron chi connectivity index (χ2n) is 5.61. The number of hydrogen-bond acceptors (Lipinski definition) is 0. The zero-order valence-corrected chi connectivity index (χ0v) is 14.9. The van der Waals surface area contributed by atoms with Gasteiger partial charge in [-0.3, -0.25) is 0 Å². The molecule has 1 heteroatoms. The second kappa shape index (κ2) is 6.98. The van der Waals surface area contributed by atoms with Gasteiger partial charge in [-0.15, -0.1) is 0 Å². The van der Waals surface area contributed by atoms with Crippen LogP contribution in [0.3, 0.4) is 0 Å². The van der Waals surface area contributed by atoms with Gasteiger partial charge in [-0.25, -0.2) is 0 Å². The average Bonchev–Trinajstić information content (AvgIpc) is 2.62. The topological polar surface area (TPSA) is 0 Å². The molecule has 3 aromatic rings. The third-order valence-electron chi connectivity index (χ3n) is 4.35. The van der Waals surface area contributed by atoms with E-state index in [-0.39, 0.29) is 0 Å². The molecule has 0 amide bonds. The summed E-state index contributed by atoms with van der Waals surface area (Å²) >= 11 is -2.63. The fourth-order valence-electron chi connectivity index (χ4n) is 3.37. The molecule has 0 aliphatic carbocycles. The molecular formula is C21H21Ge. The van der Waals surface area contributed by atoms with E-state index in [9.17, 15) is 0 Å². The quantitative estimate of drug-likeness (QED) is 0.622. The molecule has 0 aliphatic heterocycles. The van der Waals surface area contributed by atoms with Crippen LogP contribution >= 0.6 is 0 Å². The van der Waals surface area contributed by atoms with Gasteiger partial charge in [-0.05, 0) is 0 Å². The van der Waals surface area contributed by atoms with Gasteiger partial charge in [0, 0.05) is 0 Å². The van der Waals surface area contributed by atoms with E-state index >= 15 is 0 Å². The molecule has 3 aromatic carbocycles. The summed E-state index contributed by atoms with van der Waals surface area (Å²) in [6.45, 7) is 4.19. The van der Waals surface area contributed by atoms with Crippen molar-refractivity contribution in [1.29, 1.82) is 0 Å². The molecule has 0 heterocycles. The Morgan fingerprint density at radius 2 is 0.864 bits per heavy atom. The van der Waals surface area contributed by atoms with Crippen LogP contribution in [0.2, 0.25) is 5.25 Å². The van der Waals surface area contributed by atoms with Crippen molar-refractivity contribution in [1.82, 2.24) is 0 Å². The van der Waals surface area contributed by atoms with Crippen molar-refractivity contribution in [3.05, 3.63) is 97.9 Å². The molecule has 0 saturated carbocycles. The Kier molecular flexibility index (Phi) is 4.79. The Bertz CT molecular complexity index is 593. The Hall–Kier alpha value is -1.80. The van der Waals surface area contributed by atoms with Crippen LogP contribution in [-0.4, -0.2) is 13.3 Å². The van der Waals surface area contributed by atoms with Gasteiger partial charge in [0.05, 0.1) is 0 Å². The van der Waals surface area contributed by atoms with Crippen LogP contribution in [0.25, 0.3) is 0 Å². The first-order valence-electron chi connectivity index (χ1n) is 7.84. The maximum atomic E-state index is 4.19. The van der Waals surface area contributed by atoms with Crippen LogP contribution in [0.5, 0.6) is 0 Å². The normalized spacial score (nSPS) is 11.3. The molecule has 0 aliphatic rings. The van der Waals surface area contributed by atoms with Gasteiger partial charge in [0.2, 0.25) is 0 Å². The third-order valence-corrected chi connectivity index (χ3v) is 15.0. The van der Waals surface area contributed by atoms with E-state index < -0.39 is 13.3 Å². The predicted octanol–water partition coefficient (Wildman–Crippen LogP) is 3.38. The Balaban J connectivity index is 2.29. The molecule has 0 fully saturated rings. The average molecular weight is 346 g/mol. The summed E-state index contributed by atoms with van der Waals surface area (Å²) in [5.41, 5.74) is 0. The SMILES string of the molecule is [CH2]C[CH2][Ge]([c]1ccccc1)([c]1ccccc1)[c]1ccccc1. The third kappa shape index (κ3) is 2.76. The molecule has 0 atom stereocenters. The van der Waals surface area contributed by atoms with E-state index in [1.165, 1.54) is 18.4 Å². The van der Waals surface area contributed by atoms with Gasteiger partial charge in [-0.1, -0.05) is 0 Å². The van der Waals surface area contributed by atoms with Gasteiger partial charge in [0.15, 0.2) is 0 Å². The first-order valence-corrected chi connectivity index (χ1v) is 12.5. The summed E-state index contributed by atoms with van der Waals surface area (Å²) in [7, 11) is 0. The van der Waals surface area contributed by atoms with Crippen LogP contribution in [-0.2, 0) is 0 Å². The molecule has 0 nitrogen and oxygen atoms in total. The van der Waals surface area contributed by atoms with E-state index in [4.69, 9.17) is 0 Å². The monoisotopic (exact) mass is 347 g/mol. The van der Waals surface area contributed by atoms with Gasteiger partial charge in [0.25, 0.3) is 0 Å². The Morgan fingerprint density at radius 3 is 1.14 bits per heavy atom. The molecule has 109 valence electrons. The van der Waals surface area contributed by atoms with Gasteiger partial charge < -0.3 is 0 Å². The van der Waals surface area contributed by atoms with Gasteiger partial charge in [0.1, 0.15) is 0 Å². The second-order valence-corrected chi connectivity index (χ2v) is 14.1. The van der Waals surface area contributed by atoms with Crippen LogP contribution in [0.1, 0.15) is 6.42 Å². The zero-order valence-electron chi connectivity index (χ0n) is 12.8. The fourth-order valence-corrected chi connectivity index (χ4v) is 13.2. The molecular weight excluding hydrogens is 325 g/mol. The molecule has 3 rings (SSSR count).